The first-order valence-corrected chi connectivity index (χ1v) is 24.1. The smallest absolute Gasteiger partial charge is 0.0546 e. The molecule has 0 fully saturated rings. The van der Waals surface area contributed by atoms with Gasteiger partial charge in [-0.1, -0.05) is 218 Å². The Morgan fingerprint density at radius 3 is 1.51 bits per heavy atom. The maximum Gasteiger partial charge on any atom is 0.0546 e. The standard InChI is InChI=1S/C66H43NS/c1-2-14-47(15-3-1)57-41-36-51(63-42-50-17-5-7-20-56(50)59-21-8-9-22-60(59)63)43-64(57)67(53-39-34-49(35-40-53)58-25-13-26-62-61-23-10-11-27-65(61)68-66(58)62)52-37-32-45(33-38-52)44-28-30-48(31-29-44)55-24-12-18-46-16-4-6-19-54(46)55/h1-43H. The van der Waals surface area contributed by atoms with Crippen LogP contribution in [0.25, 0.3) is 108 Å². The minimum Gasteiger partial charge on any atom is -0.310 e. The maximum atomic E-state index is 2.45. The predicted octanol–water partition coefficient (Wildman–Crippen LogP) is 19.3. The Morgan fingerprint density at radius 1 is 0.250 bits per heavy atom. The molecule has 0 bridgehead atoms. The minimum absolute atomic E-state index is 1.08. The largest absolute Gasteiger partial charge is 0.310 e. The Bertz CT molecular complexity index is 3990. The van der Waals surface area contributed by atoms with Gasteiger partial charge in [-0.25, -0.2) is 0 Å². The van der Waals surface area contributed by atoms with Crippen LogP contribution in [0.15, 0.2) is 261 Å². The lowest BCUT2D eigenvalue weighted by Gasteiger charge is -2.29. The van der Waals surface area contributed by atoms with Crippen molar-refractivity contribution >= 4 is 80.9 Å². The zero-order valence-corrected chi connectivity index (χ0v) is 38.0. The van der Waals surface area contributed by atoms with Crippen LogP contribution in [0.5, 0.6) is 0 Å². The summed E-state index contributed by atoms with van der Waals surface area (Å²) < 4.78 is 2.63. The van der Waals surface area contributed by atoms with Gasteiger partial charge in [-0.2, -0.15) is 0 Å². The molecule has 0 saturated carbocycles. The van der Waals surface area contributed by atoms with Gasteiger partial charge < -0.3 is 4.90 Å². The molecule has 1 aromatic heterocycles. The molecule has 0 aliphatic rings. The van der Waals surface area contributed by atoms with E-state index in [4.69, 9.17) is 0 Å². The topological polar surface area (TPSA) is 3.24 Å². The van der Waals surface area contributed by atoms with E-state index in [-0.39, 0.29) is 0 Å². The molecule has 0 amide bonds. The average Bonchev–Trinajstić information content (AvgIpc) is 3.80. The number of fused-ring (bicyclic) bond motifs is 7. The van der Waals surface area contributed by atoms with E-state index in [1.165, 1.54) is 103 Å². The third kappa shape index (κ3) is 6.93. The normalized spacial score (nSPS) is 11.5. The van der Waals surface area contributed by atoms with Gasteiger partial charge in [0.15, 0.2) is 0 Å². The third-order valence-electron chi connectivity index (χ3n) is 13.7. The summed E-state index contributed by atoms with van der Waals surface area (Å²) in [5.41, 5.74) is 15.3. The molecule has 0 atom stereocenters. The number of nitrogens with zero attached hydrogens (tertiary/aromatic N) is 1. The van der Waals surface area contributed by atoms with Crippen LogP contribution < -0.4 is 4.90 Å². The summed E-state index contributed by atoms with van der Waals surface area (Å²) in [4.78, 5) is 2.45. The minimum atomic E-state index is 1.08. The van der Waals surface area contributed by atoms with Crippen molar-refractivity contribution in [2.75, 3.05) is 4.90 Å². The fraction of sp³-hybridized carbons (Fsp3) is 0. The van der Waals surface area contributed by atoms with Crippen LogP contribution in [0.3, 0.4) is 0 Å². The van der Waals surface area contributed by atoms with Gasteiger partial charge in [-0.05, 0) is 125 Å². The highest BCUT2D eigenvalue weighted by molar-refractivity contribution is 7.26. The lowest BCUT2D eigenvalue weighted by Crippen LogP contribution is -2.11. The molecular weight excluding hydrogens is 839 g/mol. The summed E-state index contributed by atoms with van der Waals surface area (Å²) in [6, 6.07) is 95.8. The first-order valence-electron chi connectivity index (χ1n) is 23.3. The Kier molecular flexibility index (Phi) is 9.77. The molecule has 1 nitrogen and oxygen atoms in total. The molecule has 2 heteroatoms. The second-order valence-corrected chi connectivity index (χ2v) is 18.7. The van der Waals surface area contributed by atoms with Gasteiger partial charge in [-0.15, -0.1) is 11.3 Å². The first kappa shape index (κ1) is 39.8. The third-order valence-corrected chi connectivity index (χ3v) is 14.9. The summed E-state index contributed by atoms with van der Waals surface area (Å²) in [5, 5.41) is 10.1. The number of hydrogen-bond acceptors (Lipinski definition) is 2. The van der Waals surface area contributed by atoms with Gasteiger partial charge in [0.2, 0.25) is 0 Å². The van der Waals surface area contributed by atoms with Crippen LogP contribution in [-0.2, 0) is 0 Å². The highest BCUT2D eigenvalue weighted by Gasteiger charge is 2.21. The average molecular weight is 882 g/mol. The number of rotatable bonds is 8. The molecule has 318 valence electrons. The van der Waals surface area contributed by atoms with Crippen molar-refractivity contribution in [1.82, 2.24) is 0 Å². The quantitative estimate of drug-likeness (QED) is 0.137. The molecule has 0 saturated heterocycles. The van der Waals surface area contributed by atoms with Crippen molar-refractivity contribution in [3.05, 3.63) is 261 Å². The zero-order valence-electron chi connectivity index (χ0n) is 37.2. The SMILES string of the molecule is c1ccc(-c2ccc(-c3cc4ccccc4c4ccccc34)cc2N(c2ccc(-c3ccc(-c4cccc5ccccc45)cc3)cc2)c2ccc(-c3cccc4c3sc3ccccc34)cc2)cc1. The molecule has 0 radical (unpaired) electrons. The zero-order chi connectivity index (χ0) is 45.0. The van der Waals surface area contributed by atoms with Crippen molar-refractivity contribution in [3.63, 3.8) is 0 Å². The Labute approximate surface area is 400 Å². The van der Waals surface area contributed by atoms with E-state index in [0.29, 0.717) is 0 Å². The molecule has 0 aliphatic heterocycles. The summed E-state index contributed by atoms with van der Waals surface area (Å²) >= 11 is 1.88. The second kappa shape index (κ2) is 16.7. The Hall–Kier alpha value is -8.56. The van der Waals surface area contributed by atoms with Crippen LogP contribution in [-0.4, -0.2) is 0 Å². The molecule has 13 rings (SSSR count). The van der Waals surface area contributed by atoms with Crippen molar-refractivity contribution in [1.29, 1.82) is 0 Å². The number of hydrogen-bond donors (Lipinski definition) is 0. The Morgan fingerprint density at radius 2 is 0.750 bits per heavy atom. The molecular formula is C66H43NS. The summed E-state index contributed by atoms with van der Waals surface area (Å²) in [7, 11) is 0. The van der Waals surface area contributed by atoms with Crippen molar-refractivity contribution in [3.8, 4) is 55.6 Å². The molecule has 0 N–H and O–H groups in total. The van der Waals surface area contributed by atoms with E-state index in [0.717, 1.165) is 22.6 Å². The van der Waals surface area contributed by atoms with Crippen LogP contribution in [0.2, 0.25) is 0 Å². The summed E-state index contributed by atoms with van der Waals surface area (Å²) in [6.45, 7) is 0. The molecule has 12 aromatic carbocycles. The van der Waals surface area contributed by atoms with Gasteiger partial charge in [0.25, 0.3) is 0 Å². The van der Waals surface area contributed by atoms with Crippen LogP contribution in [0.1, 0.15) is 0 Å². The van der Waals surface area contributed by atoms with Gasteiger partial charge in [0.05, 0.1) is 5.69 Å². The lowest BCUT2D eigenvalue weighted by atomic mass is 9.91. The number of thiophene rings is 1. The predicted molar refractivity (Wildman–Crippen MR) is 294 cm³/mol. The highest BCUT2D eigenvalue weighted by Crippen LogP contribution is 2.46. The van der Waals surface area contributed by atoms with Crippen LogP contribution in [0.4, 0.5) is 17.1 Å². The second-order valence-electron chi connectivity index (χ2n) is 17.6. The first-order chi connectivity index (χ1) is 33.7. The van der Waals surface area contributed by atoms with E-state index in [1.54, 1.807) is 0 Å². The van der Waals surface area contributed by atoms with Gasteiger partial charge in [-0.3, -0.25) is 0 Å². The molecule has 0 unspecified atom stereocenters. The van der Waals surface area contributed by atoms with Crippen molar-refractivity contribution in [2.45, 2.75) is 0 Å². The van der Waals surface area contributed by atoms with Gasteiger partial charge in [0, 0.05) is 37.1 Å². The maximum absolute atomic E-state index is 2.45. The summed E-state index contributed by atoms with van der Waals surface area (Å²) in [6.07, 6.45) is 0. The number of anilines is 3. The number of benzene rings is 12. The van der Waals surface area contributed by atoms with E-state index in [2.05, 4.69) is 266 Å². The monoisotopic (exact) mass is 881 g/mol. The fourth-order valence-corrected chi connectivity index (χ4v) is 11.6. The van der Waals surface area contributed by atoms with Crippen LogP contribution in [0, 0.1) is 0 Å². The fourth-order valence-electron chi connectivity index (χ4n) is 10.4. The molecule has 1 heterocycles. The Balaban J connectivity index is 0.966. The lowest BCUT2D eigenvalue weighted by molar-refractivity contribution is 1.28. The van der Waals surface area contributed by atoms with E-state index >= 15 is 0 Å². The summed E-state index contributed by atoms with van der Waals surface area (Å²) in [5.74, 6) is 0. The molecule has 68 heavy (non-hydrogen) atoms. The van der Waals surface area contributed by atoms with E-state index < -0.39 is 0 Å². The van der Waals surface area contributed by atoms with Gasteiger partial charge >= 0.3 is 0 Å². The molecule has 13 aromatic rings. The van der Waals surface area contributed by atoms with Crippen molar-refractivity contribution < 1.29 is 0 Å². The molecule has 0 spiro atoms. The van der Waals surface area contributed by atoms with Crippen molar-refractivity contribution in [2.24, 2.45) is 0 Å². The van der Waals surface area contributed by atoms with E-state index in [1.807, 2.05) is 11.3 Å². The highest BCUT2D eigenvalue weighted by atomic mass is 32.1. The van der Waals surface area contributed by atoms with Crippen LogP contribution >= 0.6 is 11.3 Å². The van der Waals surface area contributed by atoms with Gasteiger partial charge in [0.1, 0.15) is 0 Å². The molecule has 0 aliphatic carbocycles. The van der Waals surface area contributed by atoms with E-state index in [9.17, 15) is 0 Å².